The van der Waals surface area contributed by atoms with Crippen LogP contribution in [0.3, 0.4) is 0 Å². The Morgan fingerprint density at radius 3 is 1.55 bits per heavy atom. The molecule has 0 radical (unpaired) electrons. The van der Waals surface area contributed by atoms with Gasteiger partial charge in [-0.05, 0) is 112 Å². The summed E-state index contributed by atoms with van der Waals surface area (Å²) in [5.74, 6) is 2.35. The molecular weight excluding hydrogens is 520 g/mol. The third-order valence-corrected chi connectivity index (χ3v) is 9.17. The van der Waals surface area contributed by atoms with Crippen molar-refractivity contribution in [3.05, 3.63) is 82.0 Å². The van der Waals surface area contributed by atoms with Crippen LogP contribution in [-0.2, 0) is 12.8 Å². The van der Waals surface area contributed by atoms with Crippen LogP contribution >= 0.6 is 0 Å². The molecule has 0 aliphatic heterocycles. The summed E-state index contributed by atoms with van der Waals surface area (Å²) in [5, 5.41) is 41.7. The first-order valence-corrected chi connectivity index (χ1v) is 16.0. The maximum Gasteiger partial charge on any atom is 0.123 e. The van der Waals surface area contributed by atoms with E-state index in [-0.39, 0.29) is 40.8 Å². The quantitative estimate of drug-likeness (QED) is 0.236. The second kappa shape index (κ2) is 14.8. The molecule has 0 aromatic heterocycles. The van der Waals surface area contributed by atoms with Crippen LogP contribution in [0.4, 0.5) is 0 Å². The van der Waals surface area contributed by atoms with E-state index < -0.39 is 0 Å². The summed E-state index contributed by atoms with van der Waals surface area (Å²) >= 11 is 0. The van der Waals surface area contributed by atoms with Gasteiger partial charge >= 0.3 is 0 Å². The normalized spacial score (nSPS) is 22.2. The van der Waals surface area contributed by atoms with E-state index in [1.165, 1.54) is 11.1 Å². The molecule has 0 amide bonds. The smallest absolute Gasteiger partial charge is 0.123 e. The summed E-state index contributed by atoms with van der Waals surface area (Å²) in [6.07, 6.45) is 12.5. The van der Waals surface area contributed by atoms with Crippen molar-refractivity contribution in [2.75, 3.05) is 0 Å². The predicted molar refractivity (Wildman–Crippen MR) is 176 cm³/mol. The molecule has 0 saturated carbocycles. The largest absolute Gasteiger partial charge is 0.507 e. The van der Waals surface area contributed by atoms with Crippen LogP contribution in [0.2, 0.25) is 0 Å². The van der Waals surface area contributed by atoms with Crippen molar-refractivity contribution in [3.63, 3.8) is 0 Å². The van der Waals surface area contributed by atoms with Crippen molar-refractivity contribution in [1.29, 1.82) is 0 Å². The first-order chi connectivity index (χ1) is 19.9. The molecule has 2 aromatic carbocycles. The van der Waals surface area contributed by atoms with Crippen LogP contribution < -0.4 is 0 Å². The van der Waals surface area contributed by atoms with Crippen LogP contribution in [0, 0.1) is 17.8 Å². The number of rotatable bonds is 8. The zero-order valence-electron chi connectivity index (χ0n) is 27.0. The number of hydrogen-bond acceptors (Lipinski definition) is 4. The molecule has 42 heavy (non-hydrogen) atoms. The Balaban J connectivity index is 0.000000230. The van der Waals surface area contributed by atoms with Gasteiger partial charge in [0, 0.05) is 23.0 Å². The highest BCUT2D eigenvalue weighted by Gasteiger charge is 2.32. The molecule has 2 aliphatic carbocycles. The van der Waals surface area contributed by atoms with Crippen molar-refractivity contribution in [1.82, 2.24) is 0 Å². The molecule has 0 bridgehead atoms. The minimum absolute atomic E-state index is 0.0203. The van der Waals surface area contributed by atoms with Gasteiger partial charge in [-0.25, -0.2) is 0 Å². The summed E-state index contributed by atoms with van der Waals surface area (Å²) in [4.78, 5) is 0. The van der Waals surface area contributed by atoms with Gasteiger partial charge in [0.25, 0.3) is 0 Å². The number of phenolic OH excluding ortho intramolecular Hbond substituents is 4. The van der Waals surface area contributed by atoms with E-state index in [1.807, 2.05) is 19.1 Å². The molecule has 0 spiro atoms. The van der Waals surface area contributed by atoms with Crippen LogP contribution in [0.25, 0.3) is 0 Å². The predicted octanol–water partition coefficient (Wildman–Crippen LogP) is 10.2. The van der Waals surface area contributed by atoms with E-state index in [2.05, 4.69) is 60.3 Å². The van der Waals surface area contributed by atoms with Crippen LogP contribution in [-0.4, -0.2) is 20.4 Å². The van der Waals surface area contributed by atoms with E-state index in [4.69, 9.17) is 0 Å². The van der Waals surface area contributed by atoms with Gasteiger partial charge in [-0.3, -0.25) is 0 Å². The molecule has 2 aromatic rings. The number of allylic oxidation sites excluding steroid dienone is 5. The molecule has 4 rings (SSSR count). The van der Waals surface area contributed by atoms with Crippen LogP contribution in [0.1, 0.15) is 121 Å². The van der Waals surface area contributed by atoms with Crippen molar-refractivity contribution < 1.29 is 20.4 Å². The van der Waals surface area contributed by atoms with Crippen molar-refractivity contribution in [2.45, 2.75) is 112 Å². The van der Waals surface area contributed by atoms with E-state index in [0.717, 1.165) is 68.1 Å². The Bertz CT molecular complexity index is 1250. The lowest BCUT2D eigenvalue weighted by atomic mass is 9.71. The summed E-state index contributed by atoms with van der Waals surface area (Å²) in [6, 6.07) is 7.25. The number of hydrogen-bond donors (Lipinski definition) is 4. The molecule has 4 heteroatoms. The Hall–Kier alpha value is -3.14. The third kappa shape index (κ3) is 8.02. The minimum atomic E-state index is 0.0203. The zero-order chi connectivity index (χ0) is 31.1. The van der Waals surface area contributed by atoms with Gasteiger partial charge in [-0.1, -0.05) is 76.0 Å². The molecule has 0 heterocycles. The molecule has 2 aliphatic rings. The third-order valence-electron chi connectivity index (χ3n) is 9.17. The van der Waals surface area contributed by atoms with Gasteiger partial charge in [0.15, 0.2) is 0 Å². The van der Waals surface area contributed by atoms with E-state index in [0.29, 0.717) is 23.0 Å². The lowest BCUT2D eigenvalue weighted by Gasteiger charge is -2.33. The SMILES string of the molecule is C=C(C)[C@@H]1CCC(C)=CC1c1c(O)cc(CCC)cc1O.CCCc1cc(O)c(C2C=C(C)CC[C@H]2C(C)C)c(O)c1. The second-order valence-corrected chi connectivity index (χ2v) is 13.1. The molecule has 4 nitrogen and oxygen atoms in total. The summed E-state index contributed by atoms with van der Waals surface area (Å²) in [5.41, 5.74) is 7.14. The summed E-state index contributed by atoms with van der Waals surface area (Å²) in [6.45, 7) is 19.0. The maximum absolute atomic E-state index is 10.4. The van der Waals surface area contributed by atoms with E-state index in [1.54, 1.807) is 12.1 Å². The highest BCUT2D eigenvalue weighted by molar-refractivity contribution is 5.52. The van der Waals surface area contributed by atoms with Crippen molar-refractivity contribution in [2.24, 2.45) is 17.8 Å². The minimum Gasteiger partial charge on any atom is -0.507 e. The average Bonchev–Trinajstić information content (AvgIpc) is 2.88. The Morgan fingerprint density at radius 1 is 0.738 bits per heavy atom. The zero-order valence-corrected chi connectivity index (χ0v) is 27.0. The fourth-order valence-electron chi connectivity index (χ4n) is 6.95. The number of aryl methyl sites for hydroxylation is 2. The fourth-order valence-corrected chi connectivity index (χ4v) is 6.95. The fraction of sp³-hybridized carbons (Fsp3) is 0.526. The van der Waals surface area contributed by atoms with Gasteiger partial charge < -0.3 is 20.4 Å². The second-order valence-electron chi connectivity index (χ2n) is 13.1. The highest BCUT2D eigenvalue weighted by Crippen LogP contribution is 2.48. The molecule has 230 valence electrons. The summed E-state index contributed by atoms with van der Waals surface area (Å²) < 4.78 is 0. The van der Waals surface area contributed by atoms with Gasteiger partial charge in [0.1, 0.15) is 23.0 Å². The molecule has 2 unspecified atom stereocenters. The van der Waals surface area contributed by atoms with Crippen molar-refractivity contribution in [3.8, 4) is 23.0 Å². The topological polar surface area (TPSA) is 80.9 Å². The van der Waals surface area contributed by atoms with Gasteiger partial charge in [-0.15, -0.1) is 0 Å². The first kappa shape index (κ1) is 33.4. The van der Waals surface area contributed by atoms with E-state index in [9.17, 15) is 20.4 Å². The molecule has 4 atom stereocenters. The number of aromatic hydroxyl groups is 4. The number of benzene rings is 2. The Kier molecular flexibility index (Phi) is 11.8. The lowest BCUT2D eigenvalue weighted by molar-refractivity contribution is 0.304. The van der Waals surface area contributed by atoms with Gasteiger partial charge in [0.2, 0.25) is 0 Å². The van der Waals surface area contributed by atoms with Gasteiger partial charge in [0.05, 0.1) is 0 Å². The molecule has 0 saturated heterocycles. The average molecular weight is 575 g/mol. The molecule has 4 N–H and O–H groups in total. The first-order valence-electron chi connectivity index (χ1n) is 16.0. The van der Waals surface area contributed by atoms with Crippen LogP contribution in [0.5, 0.6) is 23.0 Å². The number of phenols is 4. The highest BCUT2D eigenvalue weighted by atomic mass is 16.3. The van der Waals surface area contributed by atoms with Crippen LogP contribution in [0.15, 0.2) is 59.7 Å². The monoisotopic (exact) mass is 574 g/mol. The van der Waals surface area contributed by atoms with Crippen molar-refractivity contribution >= 4 is 0 Å². The Morgan fingerprint density at radius 2 is 1.14 bits per heavy atom. The summed E-state index contributed by atoms with van der Waals surface area (Å²) in [7, 11) is 0. The molecule has 0 fully saturated rings. The Labute approximate surface area is 254 Å². The van der Waals surface area contributed by atoms with E-state index >= 15 is 0 Å². The molecular formula is C38H54O4. The standard InChI is InChI=1S/C19H28O2.C19H26O2/c2*1-5-6-14-10-17(20)19(18(21)11-14)16-9-13(4)7-8-15(16)12(2)3/h9-12,15-16,20-21H,5-8H2,1-4H3;9-11,15-16,20-21H,2,5-8H2,1,3-4H3/t2*15-,16?/m00/s1. The lowest BCUT2D eigenvalue weighted by Crippen LogP contribution is -2.21. The van der Waals surface area contributed by atoms with Gasteiger partial charge in [-0.2, -0.15) is 0 Å². The maximum atomic E-state index is 10.4.